The topological polar surface area (TPSA) is 75.6 Å². The number of carbonyl (C=O) groups is 2. The van der Waals surface area contributed by atoms with Gasteiger partial charge in [-0.25, -0.2) is 4.79 Å². The molecule has 0 aliphatic heterocycles. The average Bonchev–Trinajstić information content (AvgIpc) is 2.45. The predicted octanol–water partition coefficient (Wildman–Crippen LogP) is 3.93. The quantitative estimate of drug-likeness (QED) is 0.712. The number of aliphatic carboxylic acids is 1. The van der Waals surface area contributed by atoms with Crippen molar-refractivity contribution in [2.45, 2.75) is 51.4 Å². The molecule has 5 nitrogen and oxygen atoms in total. The molecule has 0 spiro atoms. The van der Waals surface area contributed by atoms with Gasteiger partial charge in [0.25, 0.3) is 5.91 Å². The molecular formula is C17H26ClNO4Si. The van der Waals surface area contributed by atoms with E-state index in [0.29, 0.717) is 17.2 Å². The number of carboxylic acid groups (broad SMARTS) is 1. The number of carbonyl (C=O) groups excluding carboxylic acids is 1. The van der Waals surface area contributed by atoms with Crippen LogP contribution in [0.3, 0.4) is 0 Å². The van der Waals surface area contributed by atoms with E-state index in [1.807, 2.05) is 0 Å². The second-order valence-corrected chi connectivity index (χ2v) is 12.5. The number of benzene rings is 1. The minimum atomic E-state index is -1.94. The number of hydrogen-bond donors (Lipinski definition) is 2. The van der Waals surface area contributed by atoms with Crippen molar-refractivity contribution >= 4 is 31.8 Å². The molecule has 1 atom stereocenters. The summed E-state index contributed by atoms with van der Waals surface area (Å²) in [4.78, 5) is 23.5. The van der Waals surface area contributed by atoms with Gasteiger partial charge in [0, 0.05) is 23.6 Å². The molecule has 0 unspecified atom stereocenters. The molecule has 0 aliphatic carbocycles. The molecule has 0 saturated carbocycles. The van der Waals surface area contributed by atoms with Gasteiger partial charge in [-0.15, -0.1) is 0 Å². The molecule has 0 radical (unpaired) electrons. The predicted molar refractivity (Wildman–Crippen MR) is 98.1 cm³/mol. The monoisotopic (exact) mass is 371 g/mol. The van der Waals surface area contributed by atoms with Crippen LogP contribution in [0.25, 0.3) is 0 Å². The maximum absolute atomic E-state index is 12.1. The second-order valence-electron chi connectivity index (χ2n) is 7.27. The zero-order valence-corrected chi connectivity index (χ0v) is 16.6. The highest BCUT2D eigenvalue weighted by Crippen LogP contribution is 2.36. The van der Waals surface area contributed by atoms with Gasteiger partial charge in [0.1, 0.15) is 6.04 Å². The Kier molecular flexibility index (Phi) is 7.01. The smallest absolute Gasteiger partial charge is 0.326 e. The first-order valence-electron chi connectivity index (χ1n) is 7.87. The fourth-order valence-electron chi connectivity index (χ4n) is 1.75. The standard InChI is InChI=1S/C17H26ClNO4Si/c1-17(2,3)24(4,5)23-11-10-14(16(21)22)19-15(20)12-6-8-13(18)9-7-12/h6-9,14H,10-11H2,1-5H3,(H,19,20)(H,21,22)/t14-/m0/s1. The molecule has 1 amide bonds. The van der Waals surface area contributed by atoms with Crippen molar-refractivity contribution in [2.24, 2.45) is 0 Å². The van der Waals surface area contributed by atoms with E-state index in [1.165, 1.54) is 0 Å². The van der Waals surface area contributed by atoms with Gasteiger partial charge < -0.3 is 14.8 Å². The first-order chi connectivity index (χ1) is 10.9. The number of halogens is 1. The van der Waals surface area contributed by atoms with E-state index in [2.05, 4.69) is 39.2 Å². The molecule has 7 heteroatoms. The second kappa shape index (κ2) is 8.14. The van der Waals surface area contributed by atoms with Crippen molar-refractivity contribution in [3.8, 4) is 0 Å². The minimum Gasteiger partial charge on any atom is -0.480 e. The molecule has 1 rings (SSSR count). The van der Waals surface area contributed by atoms with E-state index >= 15 is 0 Å². The van der Waals surface area contributed by atoms with Gasteiger partial charge in [0.05, 0.1) is 0 Å². The number of hydrogen-bond acceptors (Lipinski definition) is 3. The molecule has 0 fully saturated rings. The van der Waals surface area contributed by atoms with Crippen LogP contribution in [-0.2, 0) is 9.22 Å². The summed E-state index contributed by atoms with van der Waals surface area (Å²) >= 11 is 5.78. The Morgan fingerprint density at radius 1 is 1.25 bits per heavy atom. The maximum Gasteiger partial charge on any atom is 0.326 e. The third-order valence-corrected chi connectivity index (χ3v) is 9.18. The number of amides is 1. The third-order valence-electron chi connectivity index (χ3n) is 4.39. The summed E-state index contributed by atoms with van der Waals surface area (Å²) in [5.74, 6) is -1.51. The fourth-order valence-corrected chi connectivity index (χ4v) is 2.94. The van der Waals surface area contributed by atoms with Crippen LogP contribution in [0.4, 0.5) is 0 Å². The lowest BCUT2D eigenvalue weighted by molar-refractivity contribution is -0.139. The van der Waals surface area contributed by atoms with E-state index in [4.69, 9.17) is 16.0 Å². The Hall–Kier alpha value is -1.37. The molecule has 2 N–H and O–H groups in total. The van der Waals surface area contributed by atoms with Gasteiger partial charge >= 0.3 is 5.97 Å². The summed E-state index contributed by atoms with van der Waals surface area (Å²) in [5, 5.41) is 12.4. The van der Waals surface area contributed by atoms with Crippen LogP contribution in [0.15, 0.2) is 24.3 Å². The van der Waals surface area contributed by atoms with Crippen LogP contribution in [0.5, 0.6) is 0 Å². The number of carboxylic acids is 1. The van der Waals surface area contributed by atoms with Crippen molar-refractivity contribution in [1.82, 2.24) is 5.32 Å². The highest BCUT2D eigenvalue weighted by atomic mass is 35.5. The van der Waals surface area contributed by atoms with Crippen LogP contribution in [0.2, 0.25) is 23.2 Å². The normalized spacial score (nSPS) is 13.4. The summed E-state index contributed by atoms with van der Waals surface area (Å²) in [5.41, 5.74) is 0.371. The first-order valence-corrected chi connectivity index (χ1v) is 11.2. The highest BCUT2D eigenvalue weighted by Gasteiger charge is 2.37. The molecular weight excluding hydrogens is 346 g/mol. The lowest BCUT2D eigenvalue weighted by atomic mass is 10.1. The molecule has 1 aromatic rings. The number of rotatable bonds is 7. The SMILES string of the molecule is CC(C)(C)[Si](C)(C)OCC[C@H](NC(=O)c1ccc(Cl)cc1)C(=O)O. The Morgan fingerprint density at radius 2 is 1.79 bits per heavy atom. The lowest BCUT2D eigenvalue weighted by Crippen LogP contribution is -2.44. The summed E-state index contributed by atoms with van der Waals surface area (Å²) in [6, 6.07) is 5.31. The van der Waals surface area contributed by atoms with Crippen molar-refractivity contribution < 1.29 is 19.1 Å². The number of nitrogens with one attached hydrogen (secondary N) is 1. The molecule has 134 valence electrons. The van der Waals surface area contributed by atoms with Gasteiger partial charge in [-0.2, -0.15) is 0 Å². The average molecular weight is 372 g/mol. The van der Waals surface area contributed by atoms with Crippen molar-refractivity contribution in [3.63, 3.8) is 0 Å². The van der Waals surface area contributed by atoms with Crippen molar-refractivity contribution in [2.75, 3.05) is 6.61 Å². The Bertz CT molecular complexity index is 581. The summed E-state index contributed by atoms with van der Waals surface area (Å²) in [7, 11) is -1.94. The largest absolute Gasteiger partial charge is 0.480 e. The molecule has 24 heavy (non-hydrogen) atoms. The molecule has 0 aromatic heterocycles. The zero-order chi connectivity index (χ0) is 18.5. The van der Waals surface area contributed by atoms with Crippen molar-refractivity contribution in [1.29, 1.82) is 0 Å². The van der Waals surface area contributed by atoms with E-state index in [-0.39, 0.29) is 11.5 Å². The van der Waals surface area contributed by atoms with Crippen LogP contribution in [0, 0.1) is 0 Å². The van der Waals surface area contributed by atoms with Crippen LogP contribution in [0.1, 0.15) is 37.6 Å². The molecule has 0 saturated heterocycles. The molecule has 1 aromatic carbocycles. The van der Waals surface area contributed by atoms with Gasteiger partial charge in [-0.3, -0.25) is 4.79 Å². The summed E-state index contributed by atoms with van der Waals surface area (Å²) in [6.45, 7) is 10.9. The van der Waals surface area contributed by atoms with Crippen LogP contribution in [-0.4, -0.2) is 37.9 Å². The summed E-state index contributed by atoms with van der Waals surface area (Å²) < 4.78 is 5.98. The third kappa shape index (κ3) is 5.92. The zero-order valence-electron chi connectivity index (χ0n) is 14.9. The van der Waals surface area contributed by atoms with E-state index < -0.39 is 26.2 Å². The van der Waals surface area contributed by atoms with Crippen LogP contribution < -0.4 is 5.32 Å². The highest BCUT2D eigenvalue weighted by molar-refractivity contribution is 6.74. The maximum atomic E-state index is 12.1. The molecule has 0 bridgehead atoms. The minimum absolute atomic E-state index is 0.0538. The van der Waals surface area contributed by atoms with E-state index in [0.717, 1.165) is 0 Å². The fraction of sp³-hybridized carbons (Fsp3) is 0.529. The molecule has 0 aliphatic rings. The Balaban J connectivity index is 2.63. The van der Waals surface area contributed by atoms with Gasteiger partial charge in [0.2, 0.25) is 0 Å². The van der Waals surface area contributed by atoms with E-state index in [9.17, 15) is 14.7 Å². The van der Waals surface area contributed by atoms with Gasteiger partial charge in [-0.1, -0.05) is 32.4 Å². The van der Waals surface area contributed by atoms with Gasteiger partial charge in [-0.05, 0) is 42.4 Å². The van der Waals surface area contributed by atoms with Crippen LogP contribution >= 0.6 is 11.6 Å². The Labute approximate surface area is 149 Å². The van der Waals surface area contributed by atoms with E-state index in [1.54, 1.807) is 24.3 Å². The lowest BCUT2D eigenvalue weighted by Gasteiger charge is -2.36. The first kappa shape index (κ1) is 20.7. The van der Waals surface area contributed by atoms with Crippen molar-refractivity contribution in [3.05, 3.63) is 34.9 Å². The molecule has 0 heterocycles. The van der Waals surface area contributed by atoms with Gasteiger partial charge in [0.15, 0.2) is 8.32 Å². The summed E-state index contributed by atoms with van der Waals surface area (Å²) in [6.07, 6.45) is 0.223. The Morgan fingerprint density at radius 3 is 2.25 bits per heavy atom.